The molecule has 130 valence electrons. The molecule has 0 spiro atoms. The van der Waals surface area contributed by atoms with Gasteiger partial charge in [0, 0.05) is 25.4 Å². The first kappa shape index (κ1) is 16.5. The van der Waals surface area contributed by atoms with Gasteiger partial charge in [-0.05, 0) is 12.3 Å². The molecule has 1 atom stereocenters. The number of aryl methyl sites for hydroxylation is 1. The third-order valence-electron chi connectivity index (χ3n) is 4.83. The van der Waals surface area contributed by atoms with Crippen LogP contribution in [0.15, 0.2) is 24.1 Å². The zero-order valence-corrected chi connectivity index (χ0v) is 14.2. The number of nitrogens with zero attached hydrogens (tertiary/aromatic N) is 3. The summed E-state index contributed by atoms with van der Waals surface area (Å²) in [7, 11) is 3.34. The van der Waals surface area contributed by atoms with E-state index in [-0.39, 0.29) is 11.8 Å². The maximum absolute atomic E-state index is 12.8. The lowest BCUT2D eigenvalue weighted by Gasteiger charge is -2.28. The Kier molecular flexibility index (Phi) is 4.87. The summed E-state index contributed by atoms with van der Waals surface area (Å²) in [5.74, 6) is 1.25. The Morgan fingerprint density at radius 3 is 2.79 bits per heavy atom. The van der Waals surface area contributed by atoms with Crippen molar-refractivity contribution in [1.82, 2.24) is 14.7 Å². The number of anilines is 1. The quantitative estimate of drug-likeness (QED) is 0.860. The van der Waals surface area contributed by atoms with Gasteiger partial charge in [-0.3, -0.25) is 14.3 Å². The Bertz CT molecular complexity index is 646. The molecule has 0 aromatic carbocycles. The third-order valence-corrected chi connectivity index (χ3v) is 4.83. The molecular formula is C17H24N4O3. The number of aromatic nitrogens is 2. The van der Waals surface area contributed by atoms with E-state index in [1.807, 2.05) is 0 Å². The average molecular weight is 332 g/mol. The molecule has 1 aliphatic heterocycles. The number of amides is 2. The predicted molar refractivity (Wildman–Crippen MR) is 89.0 cm³/mol. The summed E-state index contributed by atoms with van der Waals surface area (Å²) in [6, 6.07) is 1.25. The van der Waals surface area contributed by atoms with Crippen LogP contribution in [0.2, 0.25) is 0 Å². The lowest BCUT2D eigenvalue weighted by molar-refractivity contribution is -0.134. The molecule has 1 aromatic rings. The number of hydrogen-bond donors (Lipinski definition) is 1. The zero-order chi connectivity index (χ0) is 17.1. The monoisotopic (exact) mass is 332 g/mol. The molecule has 1 aromatic heterocycles. The minimum atomic E-state index is -0.494. The van der Waals surface area contributed by atoms with Gasteiger partial charge < -0.3 is 15.0 Å². The molecule has 3 rings (SSSR count). The molecule has 1 fully saturated rings. The number of nitrogens with one attached hydrogen (secondary N) is 1. The fourth-order valence-corrected chi connectivity index (χ4v) is 3.53. The lowest BCUT2D eigenvalue weighted by atomic mass is 9.97. The molecule has 1 unspecified atom stereocenters. The van der Waals surface area contributed by atoms with Gasteiger partial charge in [0.25, 0.3) is 5.91 Å². The molecule has 1 N–H and O–H groups in total. The summed E-state index contributed by atoms with van der Waals surface area (Å²) >= 11 is 0. The Morgan fingerprint density at radius 2 is 2.21 bits per heavy atom. The van der Waals surface area contributed by atoms with Gasteiger partial charge in [0.2, 0.25) is 5.91 Å². The van der Waals surface area contributed by atoms with Gasteiger partial charge >= 0.3 is 0 Å². The third kappa shape index (κ3) is 3.60. The number of carbonyl (C=O) groups is 2. The number of carbonyl (C=O) groups excluding carboxylic acids is 2. The molecule has 0 bridgehead atoms. The van der Waals surface area contributed by atoms with E-state index in [1.54, 1.807) is 36.0 Å². The van der Waals surface area contributed by atoms with E-state index in [9.17, 15) is 9.59 Å². The molecule has 7 heteroatoms. The Balaban J connectivity index is 1.73. The van der Waals surface area contributed by atoms with Crippen LogP contribution in [-0.4, -0.2) is 46.2 Å². The van der Waals surface area contributed by atoms with Crippen LogP contribution in [0.5, 0.6) is 0 Å². The largest absolute Gasteiger partial charge is 0.499 e. The zero-order valence-electron chi connectivity index (χ0n) is 14.2. The first-order valence-electron chi connectivity index (χ1n) is 8.42. The summed E-state index contributed by atoms with van der Waals surface area (Å²) in [5.41, 5.74) is 0. The van der Waals surface area contributed by atoms with Crippen molar-refractivity contribution in [3.8, 4) is 0 Å². The van der Waals surface area contributed by atoms with E-state index in [2.05, 4.69) is 10.4 Å². The van der Waals surface area contributed by atoms with Gasteiger partial charge in [-0.15, -0.1) is 0 Å². The van der Waals surface area contributed by atoms with Gasteiger partial charge in [0.1, 0.15) is 11.8 Å². The highest BCUT2D eigenvalue weighted by molar-refractivity contribution is 5.99. The number of ether oxygens (including phenoxy) is 1. The number of hydrogen-bond acceptors (Lipinski definition) is 4. The normalized spacial score (nSPS) is 19.5. The topological polar surface area (TPSA) is 76.5 Å². The van der Waals surface area contributed by atoms with Gasteiger partial charge in [-0.2, -0.15) is 5.10 Å². The van der Waals surface area contributed by atoms with Crippen molar-refractivity contribution in [2.75, 3.05) is 19.0 Å². The number of methoxy groups -OCH3 is 1. The highest BCUT2D eigenvalue weighted by atomic mass is 16.5. The highest BCUT2D eigenvalue weighted by Gasteiger charge is 2.36. The molecule has 7 nitrogen and oxygen atoms in total. The SMILES string of the molecule is COC1=CC(=O)N(C(CC2CCCC2)C(=O)Nc2ccn(C)n2)C1. The fourth-order valence-electron chi connectivity index (χ4n) is 3.53. The van der Waals surface area contributed by atoms with Crippen molar-refractivity contribution in [1.29, 1.82) is 0 Å². The molecule has 2 aliphatic rings. The van der Waals surface area contributed by atoms with Crippen LogP contribution in [0.1, 0.15) is 32.1 Å². The fraction of sp³-hybridized carbons (Fsp3) is 0.588. The van der Waals surface area contributed by atoms with E-state index in [0.717, 1.165) is 12.8 Å². The second kappa shape index (κ2) is 7.07. The molecular weight excluding hydrogens is 308 g/mol. The van der Waals surface area contributed by atoms with Crippen LogP contribution in [0.4, 0.5) is 5.82 Å². The average Bonchev–Trinajstić information content (AvgIpc) is 3.27. The summed E-state index contributed by atoms with van der Waals surface area (Å²) in [4.78, 5) is 26.7. The summed E-state index contributed by atoms with van der Waals surface area (Å²) in [5, 5.41) is 7.02. The van der Waals surface area contributed by atoms with Gasteiger partial charge in [-0.1, -0.05) is 25.7 Å². The van der Waals surface area contributed by atoms with E-state index < -0.39 is 6.04 Å². The first-order chi connectivity index (χ1) is 11.6. The van der Waals surface area contributed by atoms with Crippen LogP contribution < -0.4 is 5.32 Å². The van der Waals surface area contributed by atoms with E-state index in [1.165, 1.54) is 18.9 Å². The van der Waals surface area contributed by atoms with Crippen LogP contribution in [0.3, 0.4) is 0 Å². The standard InChI is InChI=1S/C17H24N4O3/c1-20-8-7-15(19-20)18-17(23)14(9-12-5-3-4-6-12)21-11-13(24-2)10-16(21)22/h7-8,10,12,14H,3-6,9,11H2,1-2H3,(H,18,19,23). The maximum Gasteiger partial charge on any atom is 0.251 e. The molecule has 1 saturated carbocycles. The van der Waals surface area contributed by atoms with E-state index in [0.29, 0.717) is 30.5 Å². The lowest BCUT2D eigenvalue weighted by Crippen LogP contribution is -2.46. The van der Waals surface area contributed by atoms with Crippen molar-refractivity contribution >= 4 is 17.6 Å². The van der Waals surface area contributed by atoms with Crippen molar-refractivity contribution in [2.45, 2.75) is 38.1 Å². The van der Waals surface area contributed by atoms with Crippen LogP contribution in [-0.2, 0) is 21.4 Å². The molecule has 2 heterocycles. The van der Waals surface area contributed by atoms with E-state index in [4.69, 9.17) is 4.74 Å². The smallest absolute Gasteiger partial charge is 0.251 e. The van der Waals surface area contributed by atoms with Crippen LogP contribution >= 0.6 is 0 Å². The van der Waals surface area contributed by atoms with Crippen molar-refractivity contribution in [3.05, 3.63) is 24.1 Å². The van der Waals surface area contributed by atoms with Crippen molar-refractivity contribution in [2.24, 2.45) is 13.0 Å². The van der Waals surface area contributed by atoms with Crippen LogP contribution in [0, 0.1) is 5.92 Å². The Morgan fingerprint density at radius 1 is 1.46 bits per heavy atom. The van der Waals surface area contributed by atoms with Crippen molar-refractivity contribution < 1.29 is 14.3 Å². The molecule has 2 amide bonds. The van der Waals surface area contributed by atoms with Gasteiger partial charge in [0.15, 0.2) is 5.82 Å². The summed E-state index contributed by atoms with van der Waals surface area (Å²) < 4.78 is 6.82. The summed E-state index contributed by atoms with van der Waals surface area (Å²) in [6.07, 6.45) is 8.58. The second-order valence-corrected chi connectivity index (χ2v) is 6.55. The van der Waals surface area contributed by atoms with Gasteiger partial charge in [0.05, 0.1) is 13.7 Å². The Labute approximate surface area is 141 Å². The highest BCUT2D eigenvalue weighted by Crippen LogP contribution is 2.31. The maximum atomic E-state index is 12.8. The van der Waals surface area contributed by atoms with Crippen molar-refractivity contribution in [3.63, 3.8) is 0 Å². The van der Waals surface area contributed by atoms with Gasteiger partial charge in [-0.25, -0.2) is 0 Å². The first-order valence-corrected chi connectivity index (χ1v) is 8.42. The van der Waals surface area contributed by atoms with E-state index >= 15 is 0 Å². The minimum Gasteiger partial charge on any atom is -0.499 e. The Hall–Kier alpha value is -2.31. The molecule has 0 saturated heterocycles. The minimum absolute atomic E-state index is 0.161. The predicted octanol–water partition coefficient (Wildman–Crippen LogP) is 1.68. The van der Waals surface area contributed by atoms with Crippen LogP contribution in [0.25, 0.3) is 0 Å². The molecule has 24 heavy (non-hydrogen) atoms. The number of rotatable bonds is 6. The molecule has 1 aliphatic carbocycles. The second-order valence-electron chi connectivity index (χ2n) is 6.55. The molecule has 0 radical (unpaired) electrons. The summed E-state index contributed by atoms with van der Waals surface area (Å²) in [6.45, 7) is 0.350.